The van der Waals surface area contributed by atoms with Crippen LogP contribution in [-0.2, 0) is 21.7 Å². The third kappa shape index (κ3) is 9.46. The first-order valence-corrected chi connectivity index (χ1v) is 14.9. The van der Waals surface area contributed by atoms with Gasteiger partial charge in [0.25, 0.3) is 0 Å². The van der Waals surface area contributed by atoms with Crippen LogP contribution in [-0.4, -0.2) is 15.5 Å². The Hall–Kier alpha value is -0.0957. The molecule has 1 aliphatic rings. The van der Waals surface area contributed by atoms with Crippen molar-refractivity contribution in [1.29, 1.82) is 0 Å². The Morgan fingerprint density at radius 3 is 1.61 bits per heavy atom. The Balaban J connectivity index is 0. The van der Waals surface area contributed by atoms with Crippen molar-refractivity contribution in [2.45, 2.75) is 142 Å². The monoisotopic (exact) mass is 509 g/mol. The quantitative estimate of drug-likeness (QED) is 0.133. The number of hydrogen-bond acceptors (Lipinski definition) is 1. The van der Waals surface area contributed by atoms with Crippen molar-refractivity contribution in [3.63, 3.8) is 0 Å². The van der Waals surface area contributed by atoms with Gasteiger partial charge in [-0.15, -0.1) is 0 Å². The van der Waals surface area contributed by atoms with E-state index >= 15 is 0 Å². The largest absolute Gasteiger partial charge is 0.270 e. The Labute approximate surface area is 224 Å². The first kappa shape index (κ1) is 35.1. The van der Waals surface area contributed by atoms with E-state index in [1.807, 2.05) is 6.08 Å². The van der Waals surface area contributed by atoms with Crippen molar-refractivity contribution in [2.24, 2.45) is 4.74 Å². The van der Waals surface area contributed by atoms with Crippen LogP contribution < -0.4 is 0 Å². The molecular weight excluding hydrogens is 453 g/mol. The van der Waals surface area contributed by atoms with Gasteiger partial charge in [-0.25, -0.2) is 0 Å². The van der Waals surface area contributed by atoms with Gasteiger partial charge < -0.3 is 0 Å². The molecule has 0 aromatic carbocycles. The zero-order valence-corrected chi connectivity index (χ0v) is 26.4. The molecule has 0 aliphatic heterocycles. The average Bonchev–Trinajstić information content (AvgIpc) is 3.19. The van der Waals surface area contributed by atoms with Gasteiger partial charge in [0.2, 0.25) is 0 Å². The topological polar surface area (TPSA) is 12.4 Å². The summed E-state index contributed by atoms with van der Waals surface area (Å²) in [7, 11) is -1.69. The maximum Gasteiger partial charge on any atom is 0.0425 e. The molecule has 1 aliphatic carbocycles. The van der Waals surface area contributed by atoms with Crippen LogP contribution in [0.2, 0.25) is 0 Å². The molecule has 0 aromatic heterocycles. The van der Waals surface area contributed by atoms with E-state index in [2.05, 4.69) is 100 Å². The molecule has 3 heteroatoms. The second-order valence-corrected chi connectivity index (χ2v) is 16.3. The Kier molecular flexibility index (Phi) is 17.6. The maximum atomic E-state index is 5.79. The van der Waals surface area contributed by atoms with E-state index in [9.17, 15) is 0 Å². The molecule has 0 fully saturated rings. The van der Waals surface area contributed by atoms with Gasteiger partial charge in [0.05, 0.1) is 0 Å². The molecule has 1 rings (SSSR count). The van der Waals surface area contributed by atoms with Gasteiger partial charge in [-0.1, -0.05) is 132 Å². The summed E-state index contributed by atoms with van der Waals surface area (Å²) in [6.07, 6.45) is 23.6. The predicted molar refractivity (Wildman–Crippen MR) is 152 cm³/mol. The Bertz CT molecular complexity index is 640. The molecule has 0 saturated carbocycles. The summed E-state index contributed by atoms with van der Waals surface area (Å²) in [5.74, 6) is 0. The summed E-state index contributed by atoms with van der Waals surface area (Å²) in [6.45, 7) is 27.9. The molecule has 0 radical (unpaired) electrons. The maximum absolute atomic E-state index is 5.79. The number of hydrogen-bond donors (Lipinski definition) is 0. The van der Waals surface area contributed by atoms with E-state index in [-0.39, 0.29) is 37.2 Å². The van der Waals surface area contributed by atoms with Crippen LogP contribution in [0.25, 0.3) is 0 Å². The third-order valence-corrected chi connectivity index (χ3v) is 13.5. The SMILES string of the molecule is C=CC=CCCC.CCCC(C)(C)P(=NC1=CC=CC1)(C(C)(C)CCC)C(C)(C)CCC.[Ti]. The number of allylic oxidation sites excluding steroid dienone is 6. The minimum Gasteiger partial charge on any atom is -0.270 e. The summed E-state index contributed by atoms with van der Waals surface area (Å²) in [6, 6.07) is 0. The summed E-state index contributed by atoms with van der Waals surface area (Å²) >= 11 is 0. The smallest absolute Gasteiger partial charge is 0.0425 e. The first-order chi connectivity index (χ1) is 14.9. The van der Waals surface area contributed by atoms with Crippen molar-refractivity contribution in [3.05, 3.63) is 48.7 Å². The molecule has 0 amide bonds. The van der Waals surface area contributed by atoms with Crippen LogP contribution >= 0.6 is 7.05 Å². The van der Waals surface area contributed by atoms with E-state index < -0.39 is 7.05 Å². The minimum absolute atomic E-state index is 0. The summed E-state index contributed by atoms with van der Waals surface area (Å²) in [4.78, 5) is 0. The summed E-state index contributed by atoms with van der Waals surface area (Å²) < 4.78 is 5.79. The molecule has 0 N–H and O–H groups in total. The minimum atomic E-state index is -1.69. The van der Waals surface area contributed by atoms with Gasteiger partial charge in [-0.2, -0.15) is 0 Å². The number of nitrogens with zero attached hydrogens (tertiary/aromatic N) is 1. The van der Waals surface area contributed by atoms with Crippen LogP contribution in [0.5, 0.6) is 0 Å². The fourth-order valence-corrected chi connectivity index (χ4v) is 14.2. The molecule has 190 valence electrons. The van der Waals surface area contributed by atoms with E-state index in [1.165, 1.54) is 57.1 Å². The molecule has 0 heterocycles. The zero-order valence-electron chi connectivity index (χ0n) is 23.9. The van der Waals surface area contributed by atoms with E-state index in [4.69, 9.17) is 4.74 Å². The van der Waals surface area contributed by atoms with Gasteiger partial charge in [-0.05, 0) is 38.8 Å². The molecule has 0 unspecified atom stereocenters. The van der Waals surface area contributed by atoms with Crippen molar-refractivity contribution < 1.29 is 21.7 Å². The van der Waals surface area contributed by atoms with Gasteiger partial charge >= 0.3 is 0 Å². The Morgan fingerprint density at radius 2 is 1.30 bits per heavy atom. The van der Waals surface area contributed by atoms with Crippen LogP contribution in [0.4, 0.5) is 0 Å². The standard InChI is InChI=1S/C23H44NP.C7H12.Ti/c1-10-17-21(4,5)25(22(6,7)18-11-2,23(8,9)19-12-3)24-20-15-13-14-16-20;1-3-5-7-6-4-2;/h13-15H,10-12,16-19H2,1-9H3;3,5,7H,1,4,6H2,2H3;. The van der Waals surface area contributed by atoms with E-state index in [1.54, 1.807) is 6.08 Å². The molecule has 1 nitrogen and oxygen atoms in total. The number of rotatable bonds is 13. The predicted octanol–water partition coefficient (Wildman–Crippen LogP) is 11.3. The normalized spacial score (nSPS) is 14.4. The Morgan fingerprint density at radius 1 is 0.848 bits per heavy atom. The van der Waals surface area contributed by atoms with Gasteiger partial charge in [0.15, 0.2) is 0 Å². The zero-order chi connectivity index (χ0) is 24.9. The average molecular weight is 510 g/mol. The van der Waals surface area contributed by atoms with Crippen LogP contribution in [0.15, 0.2) is 53.5 Å². The van der Waals surface area contributed by atoms with Crippen LogP contribution in [0.1, 0.15) is 127 Å². The first-order valence-electron chi connectivity index (χ1n) is 13.2. The van der Waals surface area contributed by atoms with Gasteiger partial charge in [0, 0.05) is 49.3 Å². The fraction of sp³-hybridized carbons (Fsp3) is 0.733. The van der Waals surface area contributed by atoms with E-state index in [0.717, 1.165) is 6.42 Å². The van der Waals surface area contributed by atoms with Gasteiger partial charge in [-0.3, -0.25) is 4.74 Å². The third-order valence-electron chi connectivity index (χ3n) is 6.97. The fourth-order valence-electron chi connectivity index (χ4n) is 6.25. The molecular formula is C30H56NPTi. The van der Waals surface area contributed by atoms with E-state index in [0.29, 0.717) is 0 Å². The summed E-state index contributed by atoms with van der Waals surface area (Å²) in [5, 5.41) is 0.799. The molecule has 0 saturated heterocycles. The second kappa shape index (κ2) is 16.6. The molecule has 0 bridgehead atoms. The van der Waals surface area contributed by atoms with Crippen LogP contribution in [0, 0.1) is 0 Å². The van der Waals surface area contributed by atoms with Crippen molar-refractivity contribution in [3.8, 4) is 0 Å². The molecule has 0 aromatic rings. The molecule has 0 atom stereocenters. The van der Waals surface area contributed by atoms with Crippen molar-refractivity contribution in [1.82, 2.24) is 0 Å². The molecule has 0 spiro atoms. The van der Waals surface area contributed by atoms with Gasteiger partial charge in [0.1, 0.15) is 0 Å². The molecule has 33 heavy (non-hydrogen) atoms. The second-order valence-electron chi connectivity index (χ2n) is 11.2. The summed E-state index contributed by atoms with van der Waals surface area (Å²) in [5.41, 5.74) is 1.32. The van der Waals surface area contributed by atoms with Crippen LogP contribution in [0.3, 0.4) is 0 Å². The number of unbranched alkanes of at least 4 members (excludes halogenated alkanes) is 1. The van der Waals surface area contributed by atoms with Crippen molar-refractivity contribution >= 4 is 7.05 Å². The van der Waals surface area contributed by atoms with Crippen molar-refractivity contribution in [2.75, 3.05) is 0 Å².